The van der Waals surface area contributed by atoms with Crippen LogP contribution in [0.15, 0.2) is 59.5 Å². The summed E-state index contributed by atoms with van der Waals surface area (Å²) in [5.74, 6) is 0.613. The zero-order valence-electron chi connectivity index (χ0n) is 22.5. The van der Waals surface area contributed by atoms with Crippen LogP contribution in [-0.2, 0) is 21.2 Å². The smallest absolute Gasteiger partial charge is 0.243 e. The number of amides is 1. The van der Waals surface area contributed by atoms with E-state index in [2.05, 4.69) is 0 Å². The molecule has 1 N–H and O–H groups in total. The van der Waals surface area contributed by atoms with Crippen LogP contribution in [-0.4, -0.2) is 68.0 Å². The highest BCUT2D eigenvalue weighted by Gasteiger charge is 2.35. The van der Waals surface area contributed by atoms with Gasteiger partial charge in [0.1, 0.15) is 5.75 Å². The number of carbonyl (C=O) groups is 1. The van der Waals surface area contributed by atoms with Gasteiger partial charge in [-0.05, 0) is 55.0 Å². The fourth-order valence-corrected chi connectivity index (χ4v) is 6.71. The van der Waals surface area contributed by atoms with E-state index in [0.29, 0.717) is 12.2 Å². The molecule has 2 aromatic carbocycles. The molecule has 0 heterocycles. The molecule has 3 rings (SSSR count). The number of hydrogen-bond acceptors (Lipinski definition) is 5. The first-order chi connectivity index (χ1) is 17.6. The lowest BCUT2D eigenvalue weighted by atomic mass is 9.87. The molecule has 204 valence electrons. The number of hydrogen-bond donors (Lipinski definition) is 1. The van der Waals surface area contributed by atoms with Crippen LogP contribution in [0, 0.1) is 11.8 Å². The number of sulfonamides is 1. The number of rotatable bonds is 12. The molecule has 1 aliphatic rings. The summed E-state index contributed by atoms with van der Waals surface area (Å²) < 4.78 is 33.8. The molecule has 0 saturated heterocycles. The number of ether oxygens (including phenoxy) is 1. The second-order valence-electron chi connectivity index (χ2n) is 10.5. The summed E-state index contributed by atoms with van der Waals surface area (Å²) in [6, 6.07) is 15.5. The second kappa shape index (κ2) is 13.4. The van der Waals surface area contributed by atoms with Crippen molar-refractivity contribution >= 4 is 15.9 Å². The van der Waals surface area contributed by atoms with Crippen LogP contribution in [0.2, 0.25) is 0 Å². The Hall–Kier alpha value is -2.42. The maximum Gasteiger partial charge on any atom is 0.243 e. The standard InChI is InChI=1S/C29H42N2O5S/c1-22(2)20-31(37(34,35)26-17-15-25(36-4)16-18-26)21-28(32)27(19-23-11-7-5-8-12-23)30(3)29(33)24-13-9-6-10-14-24/h5,7-8,11-12,15-18,22,24,27-28,32H,6,9-10,13-14,19-21H2,1-4H3/t27-,28+/m0/s1. The molecule has 1 aliphatic carbocycles. The maximum absolute atomic E-state index is 13.6. The predicted molar refractivity (Wildman–Crippen MR) is 146 cm³/mol. The number of likely N-dealkylation sites (N-methyl/N-ethyl adjacent to an activating group) is 1. The van der Waals surface area contributed by atoms with E-state index in [1.165, 1.54) is 23.5 Å². The number of aliphatic hydroxyl groups is 1. The van der Waals surface area contributed by atoms with Gasteiger partial charge in [0.2, 0.25) is 15.9 Å². The van der Waals surface area contributed by atoms with E-state index in [0.717, 1.165) is 37.7 Å². The summed E-state index contributed by atoms with van der Waals surface area (Å²) in [5, 5.41) is 11.5. The van der Waals surface area contributed by atoms with Crippen LogP contribution in [0.25, 0.3) is 0 Å². The molecule has 1 saturated carbocycles. The highest BCUT2D eigenvalue weighted by molar-refractivity contribution is 7.89. The Morgan fingerprint density at radius 3 is 2.19 bits per heavy atom. The third-order valence-electron chi connectivity index (χ3n) is 7.19. The van der Waals surface area contributed by atoms with Gasteiger partial charge in [-0.2, -0.15) is 4.31 Å². The lowest BCUT2D eigenvalue weighted by molar-refractivity contribution is -0.139. The Bertz CT molecular complexity index is 1080. The maximum atomic E-state index is 13.6. The fraction of sp³-hybridized carbons (Fsp3) is 0.552. The molecule has 1 amide bonds. The summed E-state index contributed by atoms with van der Waals surface area (Å²) in [5.41, 5.74) is 0.989. The first kappa shape index (κ1) is 29.1. The predicted octanol–water partition coefficient (Wildman–Crippen LogP) is 4.35. The molecule has 37 heavy (non-hydrogen) atoms. The molecule has 8 heteroatoms. The number of methoxy groups -OCH3 is 1. The van der Waals surface area contributed by atoms with Crippen molar-refractivity contribution < 1.29 is 23.1 Å². The largest absolute Gasteiger partial charge is 0.497 e. The average Bonchev–Trinajstić information content (AvgIpc) is 2.91. The third kappa shape index (κ3) is 7.79. The average molecular weight is 531 g/mol. The minimum Gasteiger partial charge on any atom is -0.497 e. The summed E-state index contributed by atoms with van der Waals surface area (Å²) in [6.07, 6.45) is 4.33. The molecule has 7 nitrogen and oxygen atoms in total. The molecule has 2 aromatic rings. The third-order valence-corrected chi connectivity index (χ3v) is 9.03. The lowest BCUT2D eigenvalue weighted by Gasteiger charge is -2.37. The monoisotopic (exact) mass is 530 g/mol. The van der Waals surface area contributed by atoms with Crippen molar-refractivity contribution in [1.82, 2.24) is 9.21 Å². The van der Waals surface area contributed by atoms with Crippen LogP contribution < -0.4 is 4.74 Å². The molecule has 0 radical (unpaired) electrons. The van der Waals surface area contributed by atoms with E-state index in [9.17, 15) is 18.3 Å². The molecular weight excluding hydrogens is 488 g/mol. The Balaban J connectivity index is 1.88. The molecule has 1 fully saturated rings. The van der Waals surface area contributed by atoms with Gasteiger partial charge in [-0.15, -0.1) is 0 Å². The Morgan fingerprint density at radius 2 is 1.62 bits per heavy atom. The van der Waals surface area contributed by atoms with Crippen LogP contribution in [0.1, 0.15) is 51.5 Å². The van der Waals surface area contributed by atoms with E-state index in [-0.39, 0.29) is 35.7 Å². The van der Waals surface area contributed by atoms with Crippen LogP contribution in [0.5, 0.6) is 5.75 Å². The Morgan fingerprint density at radius 1 is 1.00 bits per heavy atom. The Labute approximate surface area is 222 Å². The molecule has 2 atom stereocenters. The summed E-state index contributed by atoms with van der Waals surface area (Å²) in [4.78, 5) is 15.3. The number of nitrogens with zero attached hydrogens (tertiary/aromatic N) is 2. The van der Waals surface area contributed by atoms with E-state index < -0.39 is 22.2 Å². The van der Waals surface area contributed by atoms with Crippen molar-refractivity contribution in [3.8, 4) is 5.75 Å². The zero-order valence-corrected chi connectivity index (χ0v) is 23.4. The molecule has 0 aliphatic heterocycles. The van der Waals surface area contributed by atoms with Crippen molar-refractivity contribution in [2.75, 3.05) is 27.2 Å². The van der Waals surface area contributed by atoms with Crippen LogP contribution in [0.3, 0.4) is 0 Å². The molecule has 0 unspecified atom stereocenters. The quantitative estimate of drug-likeness (QED) is 0.441. The van der Waals surface area contributed by atoms with Gasteiger partial charge >= 0.3 is 0 Å². The van der Waals surface area contributed by atoms with Crippen LogP contribution in [0.4, 0.5) is 0 Å². The van der Waals surface area contributed by atoms with E-state index in [1.54, 1.807) is 24.1 Å². The molecular formula is C29H42N2O5S. The zero-order chi connectivity index (χ0) is 27.0. The van der Waals surface area contributed by atoms with Gasteiger partial charge in [0, 0.05) is 26.1 Å². The minimum atomic E-state index is -3.87. The highest BCUT2D eigenvalue weighted by Crippen LogP contribution is 2.27. The number of aliphatic hydroxyl groups excluding tert-OH is 1. The SMILES string of the molecule is COc1ccc(S(=O)(=O)N(CC(C)C)C[C@@H](O)[C@H](Cc2ccccc2)N(C)C(=O)C2CCCCC2)cc1. The fourth-order valence-electron chi connectivity index (χ4n) is 5.09. The Kier molecular flexibility index (Phi) is 10.6. The first-order valence-corrected chi connectivity index (χ1v) is 14.7. The van der Waals surface area contributed by atoms with Gasteiger partial charge in [0.25, 0.3) is 0 Å². The molecule has 0 bridgehead atoms. The number of carbonyl (C=O) groups excluding carboxylic acids is 1. The summed E-state index contributed by atoms with van der Waals surface area (Å²) >= 11 is 0. The van der Waals surface area contributed by atoms with Gasteiger partial charge in [0.05, 0.1) is 24.2 Å². The van der Waals surface area contributed by atoms with Gasteiger partial charge < -0.3 is 14.7 Å². The normalized spacial score (nSPS) is 16.5. The van der Waals surface area contributed by atoms with Gasteiger partial charge in [-0.25, -0.2) is 8.42 Å². The van der Waals surface area contributed by atoms with E-state index in [4.69, 9.17) is 4.74 Å². The van der Waals surface area contributed by atoms with E-state index in [1.807, 2.05) is 44.2 Å². The summed E-state index contributed by atoms with van der Waals surface area (Å²) in [6.45, 7) is 4.04. The first-order valence-electron chi connectivity index (χ1n) is 13.3. The molecule has 0 aromatic heterocycles. The van der Waals surface area contributed by atoms with Crippen molar-refractivity contribution in [1.29, 1.82) is 0 Å². The van der Waals surface area contributed by atoms with Crippen molar-refractivity contribution in [2.24, 2.45) is 11.8 Å². The number of benzene rings is 2. The molecule has 0 spiro atoms. The topological polar surface area (TPSA) is 87.2 Å². The van der Waals surface area contributed by atoms with Gasteiger partial charge in [-0.3, -0.25) is 4.79 Å². The van der Waals surface area contributed by atoms with Gasteiger partial charge in [0.15, 0.2) is 0 Å². The summed E-state index contributed by atoms with van der Waals surface area (Å²) in [7, 11) is -0.595. The second-order valence-corrected chi connectivity index (χ2v) is 12.4. The lowest BCUT2D eigenvalue weighted by Crippen LogP contribution is -2.53. The van der Waals surface area contributed by atoms with Crippen molar-refractivity contribution in [3.63, 3.8) is 0 Å². The highest BCUT2D eigenvalue weighted by atomic mass is 32.2. The van der Waals surface area contributed by atoms with Crippen LogP contribution >= 0.6 is 0 Å². The minimum absolute atomic E-state index is 0.0353. The van der Waals surface area contributed by atoms with Crippen molar-refractivity contribution in [2.45, 2.75) is 69.4 Å². The van der Waals surface area contributed by atoms with Gasteiger partial charge in [-0.1, -0.05) is 63.4 Å². The van der Waals surface area contributed by atoms with Crippen molar-refractivity contribution in [3.05, 3.63) is 60.2 Å². The van der Waals surface area contributed by atoms with E-state index >= 15 is 0 Å².